The molecule has 1 saturated carbocycles. The summed E-state index contributed by atoms with van der Waals surface area (Å²) in [6.45, 7) is 7.19. The number of nitrogens with one attached hydrogen (secondary N) is 1. The third kappa shape index (κ3) is 3.39. The van der Waals surface area contributed by atoms with Crippen LogP contribution in [0.15, 0.2) is 0 Å². The SMILES string of the molecule is CC(C)N1CCC(NC(=O)C2CC(=O)N(C3CC3)C2)CC1. The predicted molar refractivity (Wildman–Crippen MR) is 80.7 cm³/mol. The minimum Gasteiger partial charge on any atom is -0.353 e. The first-order valence-electron chi connectivity index (χ1n) is 8.38. The fourth-order valence-corrected chi connectivity index (χ4v) is 3.53. The van der Waals surface area contributed by atoms with Gasteiger partial charge in [0.05, 0.1) is 5.92 Å². The van der Waals surface area contributed by atoms with Gasteiger partial charge in [-0.2, -0.15) is 0 Å². The van der Waals surface area contributed by atoms with E-state index in [2.05, 4.69) is 24.1 Å². The molecule has 5 nitrogen and oxygen atoms in total. The van der Waals surface area contributed by atoms with E-state index in [1.807, 2.05) is 4.90 Å². The van der Waals surface area contributed by atoms with Gasteiger partial charge in [0, 0.05) is 44.2 Å². The lowest BCUT2D eigenvalue weighted by atomic mass is 10.0. The van der Waals surface area contributed by atoms with Gasteiger partial charge in [0.15, 0.2) is 0 Å². The molecule has 1 atom stereocenters. The molecule has 118 valence electrons. The zero-order chi connectivity index (χ0) is 15.0. The summed E-state index contributed by atoms with van der Waals surface area (Å²) in [7, 11) is 0. The highest BCUT2D eigenvalue weighted by atomic mass is 16.2. The van der Waals surface area contributed by atoms with Crippen LogP contribution in [0, 0.1) is 5.92 Å². The van der Waals surface area contributed by atoms with Crippen molar-refractivity contribution in [3.05, 3.63) is 0 Å². The highest BCUT2D eigenvalue weighted by molar-refractivity contribution is 5.89. The molecule has 1 N–H and O–H groups in total. The zero-order valence-corrected chi connectivity index (χ0v) is 13.2. The molecule has 1 aliphatic carbocycles. The molecule has 2 heterocycles. The molecule has 3 aliphatic rings. The van der Waals surface area contributed by atoms with Crippen LogP contribution in [-0.2, 0) is 9.59 Å². The van der Waals surface area contributed by atoms with Crippen molar-refractivity contribution in [2.24, 2.45) is 5.92 Å². The van der Waals surface area contributed by atoms with Crippen LogP contribution >= 0.6 is 0 Å². The largest absolute Gasteiger partial charge is 0.353 e. The Bertz CT molecular complexity index is 412. The molecule has 0 aromatic heterocycles. The first kappa shape index (κ1) is 14.8. The number of carbonyl (C=O) groups excluding carboxylic acids is 2. The van der Waals surface area contributed by atoms with Gasteiger partial charge in [-0.1, -0.05) is 0 Å². The number of hydrogen-bond acceptors (Lipinski definition) is 3. The van der Waals surface area contributed by atoms with Crippen LogP contribution in [-0.4, -0.2) is 59.4 Å². The molecule has 1 unspecified atom stereocenters. The van der Waals surface area contributed by atoms with Gasteiger partial charge < -0.3 is 15.1 Å². The van der Waals surface area contributed by atoms with E-state index in [1.54, 1.807) is 0 Å². The molecule has 0 spiro atoms. The van der Waals surface area contributed by atoms with Crippen LogP contribution in [0.1, 0.15) is 46.0 Å². The lowest BCUT2D eigenvalue weighted by Crippen LogP contribution is -2.48. The number of carbonyl (C=O) groups is 2. The van der Waals surface area contributed by atoms with E-state index in [0.717, 1.165) is 38.8 Å². The van der Waals surface area contributed by atoms with E-state index in [9.17, 15) is 9.59 Å². The molecular weight excluding hydrogens is 266 g/mol. The number of likely N-dealkylation sites (tertiary alicyclic amines) is 2. The van der Waals surface area contributed by atoms with Crippen molar-refractivity contribution >= 4 is 11.8 Å². The highest BCUT2D eigenvalue weighted by Gasteiger charge is 2.42. The number of amides is 2. The fraction of sp³-hybridized carbons (Fsp3) is 0.875. The molecule has 2 saturated heterocycles. The summed E-state index contributed by atoms with van der Waals surface area (Å²) in [6.07, 6.45) is 4.70. The summed E-state index contributed by atoms with van der Waals surface area (Å²) in [6, 6.07) is 1.31. The molecule has 0 aromatic rings. The standard InChI is InChI=1S/C16H27N3O2/c1-11(2)18-7-5-13(6-8-18)17-16(21)12-9-15(20)19(10-12)14-3-4-14/h11-14H,3-10H2,1-2H3,(H,17,21). The van der Waals surface area contributed by atoms with Crippen LogP contribution < -0.4 is 5.32 Å². The second kappa shape index (κ2) is 5.95. The van der Waals surface area contributed by atoms with Crippen LogP contribution in [0.25, 0.3) is 0 Å². The van der Waals surface area contributed by atoms with Gasteiger partial charge in [-0.05, 0) is 39.5 Å². The molecule has 5 heteroatoms. The van der Waals surface area contributed by atoms with Crippen molar-refractivity contribution in [3.63, 3.8) is 0 Å². The first-order chi connectivity index (χ1) is 10.0. The summed E-state index contributed by atoms with van der Waals surface area (Å²) >= 11 is 0. The number of nitrogens with zero attached hydrogens (tertiary/aromatic N) is 2. The second-order valence-electron chi connectivity index (χ2n) is 7.09. The summed E-state index contributed by atoms with van der Waals surface area (Å²) < 4.78 is 0. The van der Waals surface area contributed by atoms with Crippen LogP contribution in [0.5, 0.6) is 0 Å². The van der Waals surface area contributed by atoms with Gasteiger partial charge in [0.1, 0.15) is 0 Å². The maximum atomic E-state index is 12.4. The Labute approximate surface area is 127 Å². The summed E-state index contributed by atoms with van der Waals surface area (Å²) in [5, 5.41) is 3.18. The zero-order valence-electron chi connectivity index (χ0n) is 13.2. The molecule has 0 radical (unpaired) electrons. The first-order valence-corrected chi connectivity index (χ1v) is 8.38. The minimum atomic E-state index is -0.124. The van der Waals surface area contributed by atoms with Gasteiger partial charge in [-0.25, -0.2) is 0 Å². The molecule has 21 heavy (non-hydrogen) atoms. The number of rotatable bonds is 4. The minimum absolute atomic E-state index is 0.0921. The van der Waals surface area contributed by atoms with Crippen LogP contribution in [0.4, 0.5) is 0 Å². The molecule has 2 aliphatic heterocycles. The molecule has 3 fully saturated rings. The summed E-state index contributed by atoms with van der Waals surface area (Å²) in [5.41, 5.74) is 0. The fourth-order valence-electron chi connectivity index (χ4n) is 3.53. The lowest BCUT2D eigenvalue weighted by molar-refractivity contribution is -0.129. The molecular formula is C16H27N3O2. The third-order valence-electron chi connectivity index (χ3n) is 5.12. The topological polar surface area (TPSA) is 52.7 Å². The number of piperidine rings is 1. The Balaban J connectivity index is 1.45. The maximum Gasteiger partial charge on any atom is 0.225 e. The van der Waals surface area contributed by atoms with E-state index in [1.165, 1.54) is 0 Å². The van der Waals surface area contributed by atoms with Crippen molar-refractivity contribution in [1.29, 1.82) is 0 Å². The lowest BCUT2D eigenvalue weighted by Gasteiger charge is -2.35. The van der Waals surface area contributed by atoms with Gasteiger partial charge in [0.25, 0.3) is 0 Å². The van der Waals surface area contributed by atoms with E-state index < -0.39 is 0 Å². The van der Waals surface area contributed by atoms with E-state index >= 15 is 0 Å². The van der Waals surface area contributed by atoms with Crippen molar-refractivity contribution in [3.8, 4) is 0 Å². The molecule has 2 amide bonds. The van der Waals surface area contributed by atoms with Crippen molar-refractivity contribution in [2.45, 2.75) is 64.1 Å². The van der Waals surface area contributed by atoms with E-state index in [4.69, 9.17) is 0 Å². The van der Waals surface area contributed by atoms with Gasteiger partial charge in [0.2, 0.25) is 11.8 Å². The van der Waals surface area contributed by atoms with Crippen LogP contribution in [0.2, 0.25) is 0 Å². The third-order valence-corrected chi connectivity index (χ3v) is 5.12. The van der Waals surface area contributed by atoms with Crippen molar-refractivity contribution in [2.75, 3.05) is 19.6 Å². The monoisotopic (exact) mass is 293 g/mol. The van der Waals surface area contributed by atoms with Crippen LogP contribution in [0.3, 0.4) is 0 Å². The van der Waals surface area contributed by atoms with Gasteiger partial charge >= 0.3 is 0 Å². The Hall–Kier alpha value is -1.10. The molecule has 0 bridgehead atoms. The number of hydrogen-bond donors (Lipinski definition) is 1. The van der Waals surface area contributed by atoms with E-state index in [-0.39, 0.29) is 23.8 Å². The Morgan fingerprint density at radius 1 is 1.19 bits per heavy atom. The highest BCUT2D eigenvalue weighted by Crippen LogP contribution is 2.32. The quantitative estimate of drug-likeness (QED) is 0.841. The van der Waals surface area contributed by atoms with Gasteiger partial charge in [-0.3, -0.25) is 9.59 Å². The van der Waals surface area contributed by atoms with Gasteiger partial charge in [-0.15, -0.1) is 0 Å². The average molecular weight is 293 g/mol. The van der Waals surface area contributed by atoms with Crippen molar-refractivity contribution < 1.29 is 9.59 Å². The summed E-state index contributed by atoms with van der Waals surface area (Å²) in [5.74, 6) is 0.142. The smallest absolute Gasteiger partial charge is 0.225 e. The normalized spacial score (nSPS) is 28.4. The average Bonchev–Trinajstić information content (AvgIpc) is 3.22. The molecule has 3 rings (SSSR count). The molecule has 0 aromatic carbocycles. The second-order valence-corrected chi connectivity index (χ2v) is 7.09. The van der Waals surface area contributed by atoms with E-state index in [0.29, 0.717) is 25.0 Å². The Kier molecular flexibility index (Phi) is 4.20. The Morgan fingerprint density at radius 2 is 1.86 bits per heavy atom. The summed E-state index contributed by atoms with van der Waals surface area (Å²) in [4.78, 5) is 28.7. The Morgan fingerprint density at radius 3 is 2.43 bits per heavy atom. The van der Waals surface area contributed by atoms with Crippen molar-refractivity contribution in [1.82, 2.24) is 15.1 Å². The predicted octanol–water partition coefficient (Wildman–Crippen LogP) is 0.986. The maximum absolute atomic E-state index is 12.4.